The summed E-state index contributed by atoms with van der Waals surface area (Å²) < 4.78 is 18.8. The normalized spacial score (nSPS) is 21.8. The van der Waals surface area contributed by atoms with Crippen LogP contribution >= 0.6 is 0 Å². The Labute approximate surface area is 197 Å². The molecule has 0 amide bonds. The molecule has 2 aromatic heterocycles. The van der Waals surface area contributed by atoms with E-state index in [0.29, 0.717) is 12.5 Å². The first-order valence-corrected chi connectivity index (χ1v) is 11.8. The fourth-order valence-corrected chi connectivity index (χ4v) is 4.98. The van der Waals surface area contributed by atoms with E-state index in [1.807, 2.05) is 12.1 Å². The Bertz CT molecular complexity index is 1210. The van der Waals surface area contributed by atoms with Gasteiger partial charge in [-0.3, -0.25) is 0 Å². The van der Waals surface area contributed by atoms with Crippen molar-refractivity contribution in [3.8, 4) is 11.3 Å². The fourth-order valence-electron chi connectivity index (χ4n) is 4.98. The van der Waals surface area contributed by atoms with Crippen LogP contribution in [0.4, 0.5) is 5.82 Å². The fraction of sp³-hybridized carbons (Fsp3) is 0.423. The molecule has 1 aromatic carbocycles. The van der Waals surface area contributed by atoms with E-state index < -0.39 is 12.3 Å². The highest BCUT2D eigenvalue weighted by molar-refractivity contribution is 5.87. The van der Waals surface area contributed by atoms with Crippen LogP contribution in [0.2, 0.25) is 0 Å². The first kappa shape index (κ1) is 21.3. The molecule has 176 valence electrons. The molecule has 3 fully saturated rings. The van der Waals surface area contributed by atoms with Gasteiger partial charge in [0.15, 0.2) is 6.29 Å². The van der Waals surface area contributed by atoms with Gasteiger partial charge in [0.2, 0.25) is 0 Å². The summed E-state index contributed by atoms with van der Waals surface area (Å²) in [6.07, 6.45) is 4.74. The number of pyridine rings is 1. The van der Waals surface area contributed by atoms with Gasteiger partial charge in [-0.25, -0.2) is 9.78 Å². The average Bonchev–Trinajstić information content (AvgIpc) is 3.48. The number of piperidine rings is 1. The van der Waals surface area contributed by atoms with Crippen molar-refractivity contribution in [3.05, 3.63) is 65.0 Å². The van der Waals surface area contributed by atoms with Crippen molar-refractivity contribution in [2.24, 2.45) is 0 Å². The van der Waals surface area contributed by atoms with Crippen LogP contribution in [-0.2, 0) is 9.47 Å². The molecule has 8 nitrogen and oxygen atoms in total. The van der Waals surface area contributed by atoms with E-state index in [0.717, 1.165) is 72.7 Å². The lowest BCUT2D eigenvalue weighted by molar-refractivity contribution is -0.0994. The molecule has 4 heterocycles. The van der Waals surface area contributed by atoms with Crippen LogP contribution < -0.4 is 4.90 Å². The molecule has 1 aliphatic carbocycles. The molecule has 6 rings (SSSR count). The number of hydrogen-bond acceptors (Lipinski definition) is 7. The van der Waals surface area contributed by atoms with Gasteiger partial charge in [0.05, 0.1) is 23.3 Å². The first-order chi connectivity index (χ1) is 16.5. The molecule has 2 aliphatic heterocycles. The average molecular weight is 462 g/mol. The minimum Gasteiger partial charge on any atom is -0.478 e. The lowest BCUT2D eigenvalue weighted by atomic mass is 9.92. The molecule has 2 saturated heterocycles. The number of aromatic nitrogens is 2. The Balaban J connectivity index is 1.21. The summed E-state index contributed by atoms with van der Waals surface area (Å²) in [6, 6.07) is 11.6. The van der Waals surface area contributed by atoms with Crippen molar-refractivity contribution in [3.63, 3.8) is 0 Å². The maximum Gasteiger partial charge on any atom is 0.337 e. The zero-order valence-electron chi connectivity index (χ0n) is 19.1. The summed E-state index contributed by atoms with van der Waals surface area (Å²) in [6.45, 7) is 4.13. The Kier molecular flexibility index (Phi) is 5.15. The van der Waals surface area contributed by atoms with Gasteiger partial charge in [-0.15, -0.1) is 0 Å². The molecule has 8 heteroatoms. The van der Waals surface area contributed by atoms with E-state index in [2.05, 4.69) is 34.1 Å². The Morgan fingerprint density at radius 3 is 2.62 bits per heavy atom. The van der Waals surface area contributed by atoms with Gasteiger partial charge >= 0.3 is 5.97 Å². The quantitative estimate of drug-likeness (QED) is 0.584. The van der Waals surface area contributed by atoms with Crippen LogP contribution in [0.25, 0.3) is 11.3 Å². The summed E-state index contributed by atoms with van der Waals surface area (Å²) >= 11 is 0. The second kappa shape index (κ2) is 8.21. The van der Waals surface area contributed by atoms with E-state index >= 15 is 0 Å². The number of carbonyl (C=O) groups is 1. The maximum atomic E-state index is 11.1. The summed E-state index contributed by atoms with van der Waals surface area (Å²) in [5, 5.41) is 13.6. The van der Waals surface area contributed by atoms with Gasteiger partial charge in [0.1, 0.15) is 17.3 Å². The number of benzene rings is 1. The number of carboxylic acids is 1. The van der Waals surface area contributed by atoms with Crippen molar-refractivity contribution in [2.45, 2.75) is 50.4 Å². The van der Waals surface area contributed by atoms with E-state index in [-0.39, 0.29) is 11.2 Å². The van der Waals surface area contributed by atoms with Gasteiger partial charge in [-0.05, 0) is 50.3 Å². The molecule has 0 radical (unpaired) electrons. The molecule has 1 spiro atoms. The molecule has 1 atom stereocenters. The highest BCUT2D eigenvalue weighted by atomic mass is 16.7. The topological polar surface area (TPSA) is 97.9 Å². The zero-order chi connectivity index (χ0) is 23.3. The minimum absolute atomic E-state index is 0.192. The van der Waals surface area contributed by atoms with Gasteiger partial charge in [0, 0.05) is 30.8 Å². The molecular formula is C26H27N3O5. The van der Waals surface area contributed by atoms with Crippen LogP contribution in [0.1, 0.15) is 65.1 Å². The lowest BCUT2D eigenvalue weighted by Crippen LogP contribution is -2.46. The Morgan fingerprint density at radius 2 is 1.94 bits per heavy atom. The van der Waals surface area contributed by atoms with Crippen molar-refractivity contribution in [1.82, 2.24) is 10.1 Å². The summed E-state index contributed by atoms with van der Waals surface area (Å²) in [7, 11) is 0. The maximum absolute atomic E-state index is 11.1. The van der Waals surface area contributed by atoms with Crippen LogP contribution in [0.3, 0.4) is 0 Å². The SMILES string of the molecule is Cc1ccccc1-c1noc(C2CC2)c1C1OCC2(CCN(c3ccc(C(=O)O)cn3)CC2)O1. The molecule has 3 aromatic rings. The van der Waals surface area contributed by atoms with E-state index in [9.17, 15) is 4.79 Å². The standard InChI is InChI=1S/C26H27N3O5/c1-16-4-2-3-5-19(16)22-21(23(34-28-22)17-6-7-17)25-32-15-26(33-25)10-12-29(13-11-26)20-9-8-18(14-27-20)24(30)31/h2-5,8-9,14,17,25H,6-7,10-13,15H2,1H3,(H,30,31). The monoisotopic (exact) mass is 461 g/mol. The van der Waals surface area contributed by atoms with Gasteiger partial charge in [0.25, 0.3) is 0 Å². The third-order valence-corrected chi connectivity index (χ3v) is 7.19. The first-order valence-electron chi connectivity index (χ1n) is 11.8. The van der Waals surface area contributed by atoms with Crippen LogP contribution in [-0.4, -0.2) is 46.5 Å². The predicted octanol–water partition coefficient (Wildman–Crippen LogP) is 4.71. The number of hydrogen-bond donors (Lipinski definition) is 1. The second-order valence-corrected chi connectivity index (χ2v) is 9.54. The number of aryl methyl sites for hydroxylation is 1. The number of rotatable bonds is 5. The van der Waals surface area contributed by atoms with E-state index in [4.69, 9.17) is 19.1 Å². The highest BCUT2D eigenvalue weighted by Crippen LogP contribution is 2.50. The second-order valence-electron chi connectivity index (χ2n) is 9.54. The third kappa shape index (κ3) is 3.76. The number of ether oxygens (including phenoxy) is 2. The van der Waals surface area contributed by atoms with Crippen molar-refractivity contribution in [1.29, 1.82) is 0 Å². The predicted molar refractivity (Wildman–Crippen MR) is 124 cm³/mol. The van der Waals surface area contributed by atoms with E-state index in [1.165, 1.54) is 6.20 Å². The number of nitrogens with zero attached hydrogens (tertiary/aromatic N) is 3. The van der Waals surface area contributed by atoms with Crippen molar-refractivity contribution in [2.75, 3.05) is 24.6 Å². The van der Waals surface area contributed by atoms with Gasteiger partial charge in [-0.1, -0.05) is 29.4 Å². The Hall–Kier alpha value is -3.23. The number of carboxylic acid groups (broad SMARTS) is 1. The molecule has 1 N–H and O–H groups in total. The third-order valence-electron chi connectivity index (χ3n) is 7.19. The molecule has 1 unspecified atom stereocenters. The summed E-state index contributed by atoms with van der Waals surface area (Å²) in [5.74, 6) is 1.11. The molecule has 0 bridgehead atoms. The van der Waals surface area contributed by atoms with Crippen LogP contribution in [0.5, 0.6) is 0 Å². The zero-order valence-corrected chi connectivity index (χ0v) is 19.1. The highest BCUT2D eigenvalue weighted by Gasteiger charge is 2.47. The van der Waals surface area contributed by atoms with Gasteiger partial charge < -0.3 is 24.0 Å². The van der Waals surface area contributed by atoms with E-state index in [1.54, 1.807) is 12.1 Å². The van der Waals surface area contributed by atoms with Crippen molar-refractivity contribution >= 4 is 11.8 Å². The molecular weight excluding hydrogens is 434 g/mol. The number of aromatic carboxylic acids is 1. The molecule has 34 heavy (non-hydrogen) atoms. The number of anilines is 1. The van der Waals surface area contributed by atoms with Gasteiger partial charge in [-0.2, -0.15) is 0 Å². The largest absolute Gasteiger partial charge is 0.478 e. The summed E-state index contributed by atoms with van der Waals surface area (Å²) in [4.78, 5) is 17.6. The molecule has 1 saturated carbocycles. The Morgan fingerprint density at radius 1 is 1.15 bits per heavy atom. The molecule has 3 aliphatic rings. The van der Waals surface area contributed by atoms with Crippen molar-refractivity contribution < 1.29 is 23.9 Å². The summed E-state index contributed by atoms with van der Waals surface area (Å²) in [5.41, 5.74) is 3.79. The minimum atomic E-state index is -0.969. The van der Waals surface area contributed by atoms with Crippen LogP contribution in [0.15, 0.2) is 47.1 Å². The smallest absolute Gasteiger partial charge is 0.337 e. The lowest BCUT2D eigenvalue weighted by Gasteiger charge is -2.38. The van der Waals surface area contributed by atoms with Crippen LogP contribution in [0, 0.1) is 6.92 Å².